The van der Waals surface area contributed by atoms with E-state index in [-0.39, 0.29) is 18.6 Å². The van der Waals surface area contributed by atoms with Crippen LogP contribution in [0, 0.1) is 17.8 Å². The van der Waals surface area contributed by atoms with E-state index < -0.39 is 5.91 Å². The van der Waals surface area contributed by atoms with Gasteiger partial charge in [0, 0.05) is 4.88 Å². The monoisotopic (exact) mass is 378 g/mol. The maximum absolute atomic E-state index is 12.5. The molecule has 144 valence electrons. The van der Waals surface area contributed by atoms with Crippen LogP contribution in [0.5, 0.6) is 0 Å². The summed E-state index contributed by atoms with van der Waals surface area (Å²) >= 11 is 1.49. The van der Waals surface area contributed by atoms with Crippen LogP contribution >= 0.6 is 11.3 Å². The van der Waals surface area contributed by atoms with E-state index in [1.807, 2.05) is 0 Å². The molecule has 0 bridgehead atoms. The van der Waals surface area contributed by atoms with E-state index in [0.29, 0.717) is 28.3 Å². The standard InChI is InChI=1S/C20H30N2O3S/c1-11-8-9-12(2)18(13(11)3)25-10-16(23)22-20-17(19(21)24)14-6-4-5-7-15(14)26-20/h11-13,18H,4-10H2,1-3H3,(H2,21,24)(H,22,23)/t11-,12?,13?,18?/m0/s1. The Morgan fingerprint density at radius 2 is 1.85 bits per heavy atom. The van der Waals surface area contributed by atoms with E-state index in [9.17, 15) is 9.59 Å². The molecule has 26 heavy (non-hydrogen) atoms. The first-order valence-electron chi connectivity index (χ1n) is 9.74. The molecule has 3 N–H and O–H groups in total. The lowest BCUT2D eigenvalue weighted by molar-refractivity contribution is -0.127. The molecule has 2 aliphatic carbocycles. The maximum Gasteiger partial charge on any atom is 0.251 e. The summed E-state index contributed by atoms with van der Waals surface area (Å²) in [6.45, 7) is 6.68. The molecule has 1 aromatic heterocycles. The molecule has 1 saturated carbocycles. The number of carbonyl (C=O) groups is 2. The second-order valence-electron chi connectivity index (χ2n) is 7.99. The molecule has 1 heterocycles. The summed E-state index contributed by atoms with van der Waals surface area (Å²) in [5, 5.41) is 3.48. The second-order valence-corrected chi connectivity index (χ2v) is 9.10. The number of anilines is 1. The minimum absolute atomic E-state index is 0.0207. The van der Waals surface area contributed by atoms with E-state index >= 15 is 0 Å². The molecular weight excluding hydrogens is 348 g/mol. The van der Waals surface area contributed by atoms with Gasteiger partial charge in [-0.15, -0.1) is 11.3 Å². The van der Waals surface area contributed by atoms with Gasteiger partial charge in [0.2, 0.25) is 0 Å². The molecule has 3 unspecified atom stereocenters. The van der Waals surface area contributed by atoms with Gasteiger partial charge in [-0.1, -0.05) is 27.2 Å². The number of thiophene rings is 1. The van der Waals surface area contributed by atoms with Crippen molar-refractivity contribution < 1.29 is 14.3 Å². The highest BCUT2D eigenvalue weighted by atomic mass is 32.1. The molecule has 4 atom stereocenters. The zero-order chi connectivity index (χ0) is 18.8. The molecular formula is C20H30N2O3S. The average Bonchev–Trinajstić information content (AvgIpc) is 2.96. The lowest BCUT2D eigenvalue weighted by atomic mass is 9.74. The van der Waals surface area contributed by atoms with Crippen molar-refractivity contribution in [2.75, 3.05) is 11.9 Å². The lowest BCUT2D eigenvalue weighted by Crippen LogP contribution is -2.39. The second kappa shape index (κ2) is 8.09. The fourth-order valence-electron chi connectivity index (χ4n) is 4.36. The van der Waals surface area contributed by atoms with Crippen LogP contribution in [0.2, 0.25) is 0 Å². The Morgan fingerprint density at radius 1 is 1.15 bits per heavy atom. The quantitative estimate of drug-likeness (QED) is 0.819. The highest BCUT2D eigenvalue weighted by Gasteiger charge is 2.33. The summed E-state index contributed by atoms with van der Waals surface area (Å²) in [6.07, 6.45) is 6.48. The number of fused-ring (bicyclic) bond motifs is 1. The molecule has 0 spiro atoms. The van der Waals surface area contributed by atoms with Crippen LogP contribution in [-0.2, 0) is 22.4 Å². The van der Waals surface area contributed by atoms with E-state index in [4.69, 9.17) is 10.5 Å². The fourth-order valence-corrected chi connectivity index (χ4v) is 5.67. The molecule has 0 saturated heterocycles. The smallest absolute Gasteiger partial charge is 0.251 e. The number of nitrogens with two attached hydrogens (primary N) is 1. The number of ether oxygens (including phenoxy) is 1. The number of hydrogen-bond donors (Lipinski definition) is 2. The predicted octanol–water partition coefficient (Wildman–Crippen LogP) is 3.75. The van der Waals surface area contributed by atoms with Gasteiger partial charge in [0.25, 0.3) is 11.8 Å². The Hall–Kier alpha value is -1.40. The first-order valence-corrected chi connectivity index (χ1v) is 10.6. The summed E-state index contributed by atoms with van der Waals surface area (Å²) in [5.41, 5.74) is 7.13. The van der Waals surface area contributed by atoms with E-state index in [1.165, 1.54) is 22.6 Å². The first-order chi connectivity index (χ1) is 12.4. The van der Waals surface area contributed by atoms with Gasteiger partial charge in [0.05, 0.1) is 11.7 Å². The molecule has 2 amide bonds. The number of primary amides is 1. The van der Waals surface area contributed by atoms with Crippen molar-refractivity contribution in [1.82, 2.24) is 0 Å². The molecule has 0 aromatic carbocycles. The Balaban J connectivity index is 1.65. The van der Waals surface area contributed by atoms with Gasteiger partial charge in [0.15, 0.2) is 0 Å². The van der Waals surface area contributed by atoms with Crippen LogP contribution in [0.15, 0.2) is 0 Å². The molecule has 0 aliphatic heterocycles. The summed E-state index contributed by atoms with van der Waals surface area (Å²) in [7, 11) is 0. The van der Waals surface area contributed by atoms with Crippen LogP contribution in [0.4, 0.5) is 5.00 Å². The maximum atomic E-state index is 12.5. The van der Waals surface area contributed by atoms with Crippen LogP contribution < -0.4 is 11.1 Å². The number of carbonyl (C=O) groups excluding carboxylic acids is 2. The van der Waals surface area contributed by atoms with E-state index in [2.05, 4.69) is 26.1 Å². The molecule has 1 fully saturated rings. The number of rotatable bonds is 5. The van der Waals surface area contributed by atoms with Crippen molar-refractivity contribution in [3.05, 3.63) is 16.0 Å². The van der Waals surface area contributed by atoms with Crippen LogP contribution in [0.3, 0.4) is 0 Å². The minimum Gasteiger partial charge on any atom is -0.368 e. The zero-order valence-electron chi connectivity index (χ0n) is 16.0. The van der Waals surface area contributed by atoms with Crippen molar-refractivity contribution >= 4 is 28.2 Å². The van der Waals surface area contributed by atoms with Gasteiger partial charge in [-0.05, 0) is 55.4 Å². The Labute approximate surface area is 159 Å². The number of hydrogen-bond acceptors (Lipinski definition) is 4. The topological polar surface area (TPSA) is 81.4 Å². The van der Waals surface area contributed by atoms with E-state index in [0.717, 1.165) is 37.7 Å². The predicted molar refractivity (Wildman–Crippen MR) is 105 cm³/mol. The van der Waals surface area contributed by atoms with Crippen molar-refractivity contribution in [2.24, 2.45) is 23.5 Å². The van der Waals surface area contributed by atoms with Crippen molar-refractivity contribution in [2.45, 2.75) is 65.4 Å². The Bertz CT molecular complexity index is 685. The van der Waals surface area contributed by atoms with Crippen LogP contribution in [0.25, 0.3) is 0 Å². The SMILES string of the molecule is CC1CC[C@H](C)C(C)C1OCC(=O)Nc1sc2c(c1C(N)=O)CCCC2. The molecule has 6 heteroatoms. The summed E-state index contributed by atoms with van der Waals surface area (Å²) < 4.78 is 5.99. The van der Waals surface area contributed by atoms with Crippen molar-refractivity contribution in [1.29, 1.82) is 0 Å². The molecule has 0 radical (unpaired) electrons. The third-order valence-electron chi connectivity index (χ3n) is 6.13. The Morgan fingerprint density at radius 3 is 2.58 bits per heavy atom. The Kier molecular flexibility index (Phi) is 6.03. The van der Waals surface area contributed by atoms with Gasteiger partial charge < -0.3 is 15.8 Å². The number of aryl methyl sites for hydroxylation is 1. The van der Waals surface area contributed by atoms with Crippen molar-refractivity contribution in [3.63, 3.8) is 0 Å². The molecule has 3 rings (SSSR count). The van der Waals surface area contributed by atoms with Gasteiger partial charge in [-0.25, -0.2) is 0 Å². The molecule has 5 nitrogen and oxygen atoms in total. The van der Waals surface area contributed by atoms with Gasteiger partial charge >= 0.3 is 0 Å². The van der Waals surface area contributed by atoms with Crippen LogP contribution in [-0.4, -0.2) is 24.5 Å². The summed E-state index contributed by atoms with van der Waals surface area (Å²) in [5.74, 6) is 0.864. The summed E-state index contributed by atoms with van der Waals surface area (Å²) in [6, 6.07) is 0. The van der Waals surface area contributed by atoms with Gasteiger partial charge in [-0.3, -0.25) is 9.59 Å². The van der Waals surface area contributed by atoms with E-state index in [1.54, 1.807) is 0 Å². The van der Waals surface area contributed by atoms with Crippen molar-refractivity contribution in [3.8, 4) is 0 Å². The average molecular weight is 379 g/mol. The molecule has 1 aromatic rings. The summed E-state index contributed by atoms with van der Waals surface area (Å²) in [4.78, 5) is 25.6. The number of amides is 2. The highest BCUT2D eigenvalue weighted by molar-refractivity contribution is 7.17. The third kappa shape index (κ3) is 3.96. The third-order valence-corrected chi connectivity index (χ3v) is 7.34. The largest absolute Gasteiger partial charge is 0.368 e. The lowest BCUT2D eigenvalue weighted by Gasteiger charge is -2.38. The highest BCUT2D eigenvalue weighted by Crippen LogP contribution is 2.38. The van der Waals surface area contributed by atoms with Crippen LogP contribution in [0.1, 0.15) is 67.3 Å². The zero-order valence-corrected chi connectivity index (χ0v) is 16.8. The molecule has 2 aliphatic rings. The minimum atomic E-state index is -0.455. The first kappa shape index (κ1) is 19.4. The normalized spacial score (nSPS) is 28.4. The van der Waals surface area contributed by atoms with Gasteiger partial charge in [0.1, 0.15) is 11.6 Å². The fraction of sp³-hybridized carbons (Fsp3) is 0.700. The number of nitrogens with one attached hydrogen (secondary N) is 1. The van der Waals surface area contributed by atoms with Gasteiger partial charge in [-0.2, -0.15) is 0 Å².